The molecule has 0 fully saturated rings. The van der Waals surface area contributed by atoms with Crippen LogP contribution in [0.2, 0.25) is 0 Å². The van der Waals surface area contributed by atoms with Crippen LogP contribution < -0.4 is 4.72 Å². The summed E-state index contributed by atoms with van der Waals surface area (Å²) in [5.41, 5.74) is 2.88. The molecule has 0 spiro atoms. The van der Waals surface area contributed by atoms with Crippen molar-refractivity contribution in [3.05, 3.63) is 40.8 Å². The molecule has 20 heavy (non-hydrogen) atoms. The number of aromatic nitrogens is 2. The van der Waals surface area contributed by atoms with Crippen LogP contribution in [0.5, 0.6) is 0 Å². The van der Waals surface area contributed by atoms with Crippen molar-refractivity contribution in [2.45, 2.75) is 5.03 Å². The maximum atomic E-state index is 12.1. The van der Waals surface area contributed by atoms with E-state index in [1.165, 1.54) is 22.2 Å². The molecule has 0 amide bonds. The fraction of sp³-hybridized carbons (Fsp3) is 0. The number of nitriles is 1. The highest BCUT2D eigenvalue weighted by Gasteiger charge is 2.18. The predicted molar refractivity (Wildman–Crippen MR) is 75.9 cm³/mol. The summed E-state index contributed by atoms with van der Waals surface area (Å²) < 4.78 is 26.8. The number of benzene rings is 1. The molecule has 2 aromatic heterocycles. The molecule has 0 aliphatic carbocycles. The molecule has 1 aromatic carbocycles. The van der Waals surface area contributed by atoms with Crippen LogP contribution >= 0.6 is 11.3 Å². The van der Waals surface area contributed by atoms with Crippen LogP contribution in [0.15, 0.2) is 40.3 Å². The zero-order chi connectivity index (χ0) is 14.2. The first-order valence-electron chi connectivity index (χ1n) is 5.53. The van der Waals surface area contributed by atoms with Gasteiger partial charge in [-0.05, 0) is 6.07 Å². The molecule has 3 rings (SSSR count). The van der Waals surface area contributed by atoms with Gasteiger partial charge in [0.25, 0.3) is 10.0 Å². The molecule has 0 aliphatic heterocycles. The summed E-state index contributed by atoms with van der Waals surface area (Å²) in [6, 6.07) is 7.12. The topological polar surface area (TPSA) is 98.6 Å². The number of para-hydroxylation sites is 1. The average molecular weight is 304 g/mol. The monoisotopic (exact) mass is 304 g/mol. The summed E-state index contributed by atoms with van der Waals surface area (Å²) in [7, 11) is -3.71. The van der Waals surface area contributed by atoms with E-state index in [9.17, 15) is 8.42 Å². The largest absolute Gasteiger partial charge is 0.358 e. The summed E-state index contributed by atoms with van der Waals surface area (Å²) in [5.74, 6) is 0. The fourth-order valence-corrected chi connectivity index (χ4v) is 3.77. The van der Waals surface area contributed by atoms with Gasteiger partial charge in [0.05, 0.1) is 22.3 Å². The van der Waals surface area contributed by atoms with E-state index in [-0.39, 0.29) is 5.03 Å². The van der Waals surface area contributed by atoms with Gasteiger partial charge in [-0.1, -0.05) is 12.1 Å². The molecule has 6 nitrogen and oxygen atoms in total. The lowest BCUT2D eigenvalue weighted by atomic mass is 10.2. The first-order valence-corrected chi connectivity index (χ1v) is 7.95. The van der Waals surface area contributed by atoms with E-state index < -0.39 is 10.0 Å². The minimum Gasteiger partial charge on any atom is -0.358 e. The lowest BCUT2D eigenvalue weighted by Gasteiger charge is -2.06. The van der Waals surface area contributed by atoms with Crippen LogP contribution in [0.25, 0.3) is 10.9 Å². The number of fused-ring (bicyclic) bond motifs is 1. The molecule has 0 atom stereocenters. The Balaban J connectivity index is 2.09. The normalized spacial score (nSPS) is 11.3. The van der Waals surface area contributed by atoms with Gasteiger partial charge >= 0.3 is 0 Å². The van der Waals surface area contributed by atoms with Crippen LogP contribution in [-0.2, 0) is 10.0 Å². The molecular weight excluding hydrogens is 296 g/mol. The Hall–Kier alpha value is -2.37. The molecule has 100 valence electrons. The van der Waals surface area contributed by atoms with Gasteiger partial charge in [-0.15, -0.1) is 11.3 Å². The first-order chi connectivity index (χ1) is 9.62. The number of hydrogen-bond donors (Lipinski definition) is 2. The Labute approximate surface area is 118 Å². The van der Waals surface area contributed by atoms with E-state index in [2.05, 4.69) is 14.7 Å². The van der Waals surface area contributed by atoms with Crippen LogP contribution in [-0.4, -0.2) is 18.4 Å². The fourth-order valence-electron chi connectivity index (χ4n) is 1.86. The number of rotatable bonds is 3. The highest BCUT2D eigenvalue weighted by Crippen LogP contribution is 2.26. The number of hydrogen-bond acceptors (Lipinski definition) is 5. The molecule has 2 N–H and O–H groups in total. The summed E-state index contributed by atoms with van der Waals surface area (Å²) in [6.45, 7) is 0. The number of H-pyrrole nitrogens is 1. The van der Waals surface area contributed by atoms with Gasteiger partial charge in [-0.3, -0.25) is 4.72 Å². The molecule has 8 heteroatoms. The molecule has 0 saturated heterocycles. The quantitative estimate of drug-likeness (QED) is 0.775. The van der Waals surface area contributed by atoms with Gasteiger partial charge in [0.2, 0.25) is 0 Å². The molecular formula is C12H8N4O2S2. The third-order valence-electron chi connectivity index (χ3n) is 2.77. The van der Waals surface area contributed by atoms with Crippen molar-refractivity contribution in [1.29, 1.82) is 5.26 Å². The van der Waals surface area contributed by atoms with Gasteiger partial charge < -0.3 is 4.98 Å². The third kappa shape index (κ3) is 2.03. The number of nitrogens with one attached hydrogen (secondary N) is 2. The second kappa shape index (κ2) is 4.63. The maximum absolute atomic E-state index is 12.1. The van der Waals surface area contributed by atoms with Gasteiger partial charge in [0.15, 0.2) is 5.03 Å². The number of anilines is 1. The van der Waals surface area contributed by atoms with Crippen LogP contribution in [0.1, 0.15) is 5.56 Å². The van der Waals surface area contributed by atoms with Crippen molar-refractivity contribution in [2.75, 3.05) is 4.72 Å². The van der Waals surface area contributed by atoms with Gasteiger partial charge in [-0.2, -0.15) is 13.7 Å². The van der Waals surface area contributed by atoms with Crippen LogP contribution in [0.4, 0.5) is 5.69 Å². The lowest BCUT2D eigenvalue weighted by Crippen LogP contribution is -2.13. The van der Waals surface area contributed by atoms with Crippen molar-refractivity contribution in [3.8, 4) is 6.07 Å². The summed E-state index contributed by atoms with van der Waals surface area (Å²) in [5, 5.41) is 11.1. The van der Waals surface area contributed by atoms with Gasteiger partial charge in [-0.25, -0.2) is 4.98 Å². The highest BCUT2D eigenvalue weighted by molar-refractivity contribution is 7.92. The smallest absolute Gasteiger partial charge is 0.280 e. The van der Waals surface area contributed by atoms with Crippen molar-refractivity contribution in [3.63, 3.8) is 0 Å². The van der Waals surface area contributed by atoms with E-state index in [0.717, 1.165) is 0 Å². The average Bonchev–Trinajstić information content (AvgIpc) is 3.08. The number of nitrogens with zero attached hydrogens (tertiary/aromatic N) is 2. The van der Waals surface area contributed by atoms with E-state index >= 15 is 0 Å². The summed E-state index contributed by atoms with van der Waals surface area (Å²) in [4.78, 5) is 6.70. The Kier molecular flexibility index (Phi) is 2.93. The van der Waals surface area contributed by atoms with Crippen LogP contribution in [0, 0.1) is 11.3 Å². The van der Waals surface area contributed by atoms with Gasteiger partial charge in [0.1, 0.15) is 6.07 Å². The molecule has 0 aliphatic rings. The van der Waals surface area contributed by atoms with E-state index in [1.54, 1.807) is 24.4 Å². The third-order valence-corrected chi connectivity index (χ3v) is 4.76. The Morgan fingerprint density at radius 3 is 2.95 bits per heavy atom. The Morgan fingerprint density at radius 2 is 2.25 bits per heavy atom. The van der Waals surface area contributed by atoms with Crippen LogP contribution in [0.3, 0.4) is 0 Å². The molecule has 0 unspecified atom stereocenters. The highest BCUT2D eigenvalue weighted by atomic mass is 32.2. The van der Waals surface area contributed by atoms with Crippen molar-refractivity contribution < 1.29 is 8.42 Å². The minimum absolute atomic E-state index is 0.0217. The second-order valence-corrected chi connectivity index (χ2v) is 6.32. The number of sulfonamides is 1. The standard InChI is InChI=1S/C12H8N4O2S2/c13-4-8-5-14-12-9(8)2-1-3-10(12)16-20(17,18)11-6-19-7-15-11/h1-3,5-7,14,16H. The molecule has 0 bridgehead atoms. The Morgan fingerprint density at radius 1 is 1.40 bits per heavy atom. The SMILES string of the molecule is N#Cc1c[nH]c2c(NS(=O)(=O)c3cscn3)cccc12. The maximum Gasteiger partial charge on any atom is 0.280 e. The van der Waals surface area contributed by atoms with Gasteiger partial charge in [0, 0.05) is 17.0 Å². The van der Waals surface area contributed by atoms with Crippen molar-refractivity contribution >= 4 is 38.0 Å². The summed E-state index contributed by atoms with van der Waals surface area (Å²) >= 11 is 1.21. The number of thiazole rings is 1. The Bertz CT molecular complexity index is 905. The van der Waals surface area contributed by atoms with E-state index in [4.69, 9.17) is 5.26 Å². The summed E-state index contributed by atoms with van der Waals surface area (Å²) in [6.07, 6.45) is 1.55. The number of aromatic amines is 1. The zero-order valence-electron chi connectivity index (χ0n) is 9.99. The van der Waals surface area contributed by atoms with Crippen molar-refractivity contribution in [1.82, 2.24) is 9.97 Å². The first kappa shape index (κ1) is 12.7. The predicted octanol–water partition coefficient (Wildman–Crippen LogP) is 2.30. The minimum atomic E-state index is -3.71. The second-order valence-electron chi connectivity index (χ2n) is 3.97. The molecule has 0 radical (unpaired) electrons. The molecule has 0 saturated carbocycles. The molecule has 2 heterocycles. The lowest BCUT2D eigenvalue weighted by molar-refractivity contribution is 0.598. The van der Waals surface area contributed by atoms with E-state index in [1.807, 2.05) is 6.07 Å². The van der Waals surface area contributed by atoms with Crippen molar-refractivity contribution in [2.24, 2.45) is 0 Å². The zero-order valence-corrected chi connectivity index (χ0v) is 11.6. The molecule has 3 aromatic rings. The van der Waals surface area contributed by atoms with E-state index in [0.29, 0.717) is 22.2 Å².